The number of aliphatic hydroxyl groups excluding tert-OH is 1. The van der Waals surface area contributed by atoms with Crippen LogP contribution in [0.1, 0.15) is 64.7 Å². The quantitative estimate of drug-likeness (QED) is 0.241. The number of allylic oxidation sites excluding steroid dienone is 2. The van der Waals surface area contributed by atoms with Crippen LogP contribution in [-0.4, -0.2) is 34.7 Å². The van der Waals surface area contributed by atoms with E-state index in [9.17, 15) is 14.7 Å². The van der Waals surface area contributed by atoms with Gasteiger partial charge in [-0.15, -0.1) is 5.73 Å². The third kappa shape index (κ3) is 7.54. The van der Waals surface area contributed by atoms with Gasteiger partial charge in [-0.3, -0.25) is 4.79 Å². The van der Waals surface area contributed by atoms with Gasteiger partial charge in [-0.2, -0.15) is 0 Å². The molecule has 0 fully saturated rings. The number of ketones is 1. The number of benzene rings is 1. The van der Waals surface area contributed by atoms with Gasteiger partial charge in [-0.05, 0) is 62.8 Å². The fourth-order valence-corrected chi connectivity index (χ4v) is 4.09. The molecule has 0 saturated carbocycles. The number of carbonyl (C=O) groups is 2. The number of carbonyl (C=O) groups excluding carboxylic acids is 1. The molecule has 5 heteroatoms. The second-order valence-electron chi connectivity index (χ2n) is 8.02. The number of carboxylic acid groups (broad SMARTS) is 1. The van der Waals surface area contributed by atoms with Crippen LogP contribution in [0.5, 0.6) is 5.75 Å². The molecule has 0 aliphatic heterocycles. The summed E-state index contributed by atoms with van der Waals surface area (Å²) in [5.41, 5.74) is 3.57. The summed E-state index contributed by atoms with van der Waals surface area (Å²) in [6.07, 6.45) is 10.9. The van der Waals surface area contributed by atoms with E-state index in [0.29, 0.717) is 31.7 Å². The first-order valence-electron chi connectivity index (χ1n) is 11.2. The van der Waals surface area contributed by atoms with E-state index in [1.54, 1.807) is 6.08 Å². The molecule has 2 rings (SSSR count). The van der Waals surface area contributed by atoms with Gasteiger partial charge in [0.05, 0.1) is 12.0 Å². The highest BCUT2D eigenvalue weighted by Crippen LogP contribution is 2.46. The molecule has 1 aliphatic rings. The van der Waals surface area contributed by atoms with Gasteiger partial charge in [0.1, 0.15) is 11.5 Å². The number of Topliss-reactive ketones (excluding diaryl/α,β-unsaturated/α-hetero) is 1. The van der Waals surface area contributed by atoms with Crippen molar-refractivity contribution in [2.75, 3.05) is 6.61 Å². The summed E-state index contributed by atoms with van der Waals surface area (Å²) < 4.78 is 5.77. The second-order valence-corrected chi connectivity index (χ2v) is 8.02. The minimum absolute atomic E-state index is 0.291. The molecule has 0 aromatic heterocycles. The van der Waals surface area contributed by atoms with Crippen LogP contribution in [0.15, 0.2) is 59.9 Å². The van der Waals surface area contributed by atoms with Gasteiger partial charge in [0.25, 0.3) is 0 Å². The number of aliphatic hydroxyl groups is 1. The Morgan fingerprint density at radius 2 is 2.00 bits per heavy atom. The molecule has 0 amide bonds. The molecule has 0 bridgehead atoms. The Labute approximate surface area is 185 Å². The summed E-state index contributed by atoms with van der Waals surface area (Å²) in [6.45, 7) is 2.79. The van der Waals surface area contributed by atoms with Crippen LogP contribution in [0.4, 0.5) is 0 Å². The lowest BCUT2D eigenvalue weighted by Crippen LogP contribution is -2.29. The highest BCUT2D eigenvalue weighted by Gasteiger charge is 2.42. The largest absolute Gasteiger partial charge is 0.494 e. The van der Waals surface area contributed by atoms with Gasteiger partial charge in [-0.25, -0.2) is 4.79 Å². The van der Waals surface area contributed by atoms with Crippen LogP contribution in [0.3, 0.4) is 0 Å². The zero-order valence-corrected chi connectivity index (χ0v) is 18.4. The Bertz CT molecular complexity index is 804. The van der Waals surface area contributed by atoms with Crippen LogP contribution in [0, 0.1) is 5.41 Å². The minimum atomic E-state index is -1.55. The van der Waals surface area contributed by atoms with Crippen LogP contribution in [0.2, 0.25) is 0 Å². The maximum absolute atomic E-state index is 12.9. The Morgan fingerprint density at radius 3 is 2.71 bits per heavy atom. The highest BCUT2D eigenvalue weighted by molar-refractivity contribution is 5.92. The molecule has 0 saturated heterocycles. The van der Waals surface area contributed by atoms with Gasteiger partial charge in [-0.1, -0.05) is 49.6 Å². The maximum Gasteiger partial charge on any atom is 0.337 e. The van der Waals surface area contributed by atoms with E-state index in [1.165, 1.54) is 5.57 Å². The molecule has 2 atom stereocenters. The summed E-state index contributed by atoms with van der Waals surface area (Å²) in [5.74, 6) is -0.130. The number of unbranched alkanes of at least 4 members (excludes halogenated alkanes) is 2. The van der Waals surface area contributed by atoms with E-state index in [-0.39, 0.29) is 0 Å². The monoisotopic (exact) mass is 426 g/mol. The van der Waals surface area contributed by atoms with E-state index in [0.717, 1.165) is 50.4 Å². The SMILES string of the molecule is CCCC[C@]1(CCC=C=CC(O)C(=O)O)C(=O)CC=C1CCCCOc1ccccc1. The maximum atomic E-state index is 12.9. The number of hydrogen-bond donors (Lipinski definition) is 2. The molecule has 5 nitrogen and oxygen atoms in total. The number of aliphatic carboxylic acids is 1. The molecule has 168 valence electrons. The van der Waals surface area contributed by atoms with E-state index < -0.39 is 17.5 Å². The van der Waals surface area contributed by atoms with Crippen LogP contribution >= 0.6 is 0 Å². The fraction of sp³-hybridized carbons (Fsp3) is 0.500. The van der Waals surface area contributed by atoms with Crippen molar-refractivity contribution < 1.29 is 24.5 Å². The molecule has 1 unspecified atom stereocenters. The number of para-hydroxylation sites is 1. The molecular formula is C26H34O5. The predicted molar refractivity (Wildman–Crippen MR) is 121 cm³/mol. The minimum Gasteiger partial charge on any atom is -0.494 e. The standard InChI is InChI=1S/C26H34O5/c1-2-3-18-26(19-10-5-8-15-23(27)25(29)30)21(16-17-24(26)28)12-9-11-20-31-22-13-6-4-7-14-22/h4-7,13-16,23,27H,2-3,9-12,17-20H2,1H3,(H,29,30)/t8?,23?,26-/m1/s1. The average molecular weight is 427 g/mol. The molecule has 31 heavy (non-hydrogen) atoms. The normalized spacial score (nSPS) is 18.8. The van der Waals surface area contributed by atoms with Crippen molar-refractivity contribution in [3.05, 3.63) is 59.9 Å². The van der Waals surface area contributed by atoms with Gasteiger partial charge in [0.15, 0.2) is 6.10 Å². The first-order valence-corrected chi connectivity index (χ1v) is 11.2. The first-order chi connectivity index (χ1) is 15.0. The molecule has 1 aromatic carbocycles. The first kappa shape index (κ1) is 24.6. The molecule has 2 N–H and O–H groups in total. The van der Waals surface area contributed by atoms with Crippen molar-refractivity contribution in [1.82, 2.24) is 0 Å². The van der Waals surface area contributed by atoms with E-state index >= 15 is 0 Å². The lowest BCUT2D eigenvalue weighted by atomic mass is 9.71. The molecular weight excluding hydrogens is 392 g/mol. The topological polar surface area (TPSA) is 83.8 Å². The van der Waals surface area contributed by atoms with Crippen molar-refractivity contribution in [2.24, 2.45) is 5.41 Å². The van der Waals surface area contributed by atoms with Crippen LogP contribution in [-0.2, 0) is 9.59 Å². The highest BCUT2D eigenvalue weighted by atomic mass is 16.5. The van der Waals surface area contributed by atoms with E-state index in [4.69, 9.17) is 9.84 Å². The van der Waals surface area contributed by atoms with Gasteiger partial charge < -0.3 is 14.9 Å². The summed E-state index contributed by atoms with van der Waals surface area (Å²) in [5, 5.41) is 18.0. The van der Waals surface area contributed by atoms with Crippen molar-refractivity contribution in [3.63, 3.8) is 0 Å². The van der Waals surface area contributed by atoms with Gasteiger partial charge in [0.2, 0.25) is 0 Å². The zero-order valence-electron chi connectivity index (χ0n) is 18.4. The Morgan fingerprint density at radius 1 is 1.23 bits per heavy atom. The number of ether oxygens (including phenoxy) is 1. The predicted octanol–water partition coefficient (Wildman–Crippen LogP) is 5.25. The Hall–Kier alpha value is -2.62. The average Bonchev–Trinajstić information content (AvgIpc) is 3.07. The van der Waals surface area contributed by atoms with Crippen LogP contribution < -0.4 is 4.74 Å². The van der Waals surface area contributed by atoms with Gasteiger partial charge in [0, 0.05) is 6.42 Å². The molecule has 1 aliphatic carbocycles. The zero-order chi connectivity index (χ0) is 22.5. The summed E-state index contributed by atoms with van der Waals surface area (Å²) in [6, 6.07) is 9.78. The fourth-order valence-electron chi connectivity index (χ4n) is 4.09. The second kappa shape index (κ2) is 12.9. The number of hydrogen-bond acceptors (Lipinski definition) is 4. The molecule has 0 spiro atoms. The number of carboxylic acids is 1. The van der Waals surface area contributed by atoms with E-state index in [1.807, 2.05) is 30.3 Å². The lowest BCUT2D eigenvalue weighted by molar-refractivity contribution is -0.144. The molecule has 0 radical (unpaired) electrons. The lowest BCUT2D eigenvalue weighted by Gasteiger charge is -2.31. The summed E-state index contributed by atoms with van der Waals surface area (Å²) >= 11 is 0. The molecule has 1 aromatic rings. The Kier molecular flexibility index (Phi) is 10.3. The molecule has 0 heterocycles. The Balaban J connectivity index is 1.92. The van der Waals surface area contributed by atoms with Gasteiger partial charge >= 0.3 is 5.97 Å². The summed E-state index contributed by atoms with van der Waals surface area (Å²) in [4.78, 5) is 23.6. The smallest absolute Gasteiger partial charge is 0.337 e. The van der Waals surface area contributed by atoms with Crippen LogP contribution in [0.25, 0.3) is 0 Å². The van der Waals surface area contributed by atoms with Crippen molar-refractivity contribution in [2.45, 2.75) is 70.8 Å². The summed E-state index contributed by atoms with van der Waals surface area (Å²) in [7, 11) is 0. The number of rotatable bonds is 14. The third-order valence-electron chi connectivity index (χ3n) is 5.83. The van der Waals surface area contributed by atoms with Crippen molar-refractivity contribution in [3.8, 4) is 5.75 Å². The van der Waals surface area contributed by atoms with Crippen molar-refractivity contribution in [1.29, 1.82) is 0 Å². The van der Waals surface area contributed by atoms with Crippen molar-refractivity contribution >= 4 is 11.8 Å². The van der Waals surface area contributed by atoms with E-state index in [2.05, 4.69) is 18.7 Å². The third-order valence-corrected chi connectivity index (χ3v) is 5.83.